The molecule has 1 N–H and O–H groups in total. The molecule has 0 aromatic heterocycles. The maximum absolute atomic E-state index is 11.7. The molecule has 6 nitrogen and oxygen atoms in total. The van der Waals surface area contributed by atoms with Gasteiger partial charge in [0.2, 0.25) is 0 Å². The summed E-state index contributed by atoms with van der Waals surface area (Å²) >= 11 is 0. The van der Waals surface area contributed by atoms with Crippen LogP contribution in [-0.4, -0.2) is 45.0 Å². The van der Waals surface area contributed by atoms with Gasteiger partial charge in [-0.3, -0.25) is 4.79 Å². The molecular weight excluding hydrogens is 334 g/mol. The average molecular weight is 365 g/mol. The van der Waals surface area contributed by atoms with Crippen LogP contribution in [0.3, 0.4) is 0 Å². The van der Waals surface area contributed by atoms with Crippen molar-refractivity contribution in [1.29, 1.82) is 0 Å². The van der Waals surface area contributed by atoms with E-state index < -0.39 is 11.5 Å². The molecule has 0 aliphatic heterocycles. The number of fused-ring (bicyclic) bond motifs is 1. The van der Waals surface area contributed by atoms with Crippen molar-refractivity contribution in [3.63, 3.8) is 0 Å². The summed E-state index contributed by atoms with van der Waals surface area (Å²) in [5, 5.41) is 2.68. The highest BCUT2D eigenvalue weighted by Crippen LogP contribution is 2.52. The molecule has 6 heteroatoms. The van der Waals surface area contributed by atoms with Crippen LogP contribution >= 0.6 is 0 Å². The summed E-state index contributed by atoms with van der Waals surface area (Å²) in [5.74, 6) is 7.96. The second-order valence-electron chi connectivity index (χ2n) is 7.95. The number of hydrogen-bond donors (Lipinski definition) is 1. The average Bonchev–Trinajstić information content (AvgIpc) is 3.20. The van der Waals surface area contributed by atoms with Crippen LogP contribution in [-0.2, 0) is 19.0 Å². The predicted molar refractivity (Wildman–Crippen MR) is 97.3 cm³/mol. The fraction of sp³-hybridized carbons (Fsp3) is 0.800. The van der Waals surface area contributed by atoms with Crippen molar-refractivity contribution < 1.29 is 23.8 Å². The molecule has 0 aromatic rings. The first-order chi connectivity index (χ1) is 12.4. The molecule has 0 heterocycles. The number of nitrogens with one attached hydrogen (secondary N) is 1. The molecule has 2 rings (SSSR count). The molecule has 0 aromatic carbocycles. The maximum atomic E-state index is 11.7. The van der Waals surface area contributed by atoms with Crippen LogP contribution in [0.1, 0.15) is 46.5 Å². The highest BCUT2D eigenvalue weighted by Gasteiger charge is 2.49. The Morgan fingerprint density at radius 1 is 1.00 bits per heavy atom. The molecule has 1 unspecified atom stereocenters. The third-order valence-electron chi connectivity index (χ3n) is 4.84. The topological polar surface area (TPSA) is 73.9 Å². The lowest BCUT2D eigenvalue weighted by Gasteiger charge is -2.16. The molecule has 3 atom stereocenters. The molecule has 2 aliphatic rings. The Kier molecular flexibility index (Phi) is 7.77. The van der Waals surface area contributed by atoms with E-state index in [2.05, 4.69) is 17.2 Å². The third-order valence-corrected chi connectivity index (χ3v) is 4.84. The van der Waals surface area contributed by atoms with Gasteiger partial charge in [0.05, 0.1) is 25.2 Å². The predicted octanol–water partition coefficient (Wildman–Crippen LogP) is 2.76. The second kappa shape index (κ2) is 9.82. The number of carbonyl (C=O) groups excluding carboxylic acids is 2. The van der Waals surface area contributed by atoms with Crippen LogP contribution < -0.4 is 5.32 Å². The quantitative estimate of drug-likeness (QED) is 0.407. The maximum Gasteiger partial charge on any atom is 0.407 e. The normalized spacial score (nSPS) is 24.2. The Labute approximate surface area is 156 Å². The Balaban J connectivity index is 1.44. The largest absolute Gasteiger partial charge is 0.463 e. The van der Waals surface area contributed by atoms with Gasteiger partial charge in [-0.05, 0) is 51.4 Å². The van der Waals surface area contributed by atoms with Crippen LogP contribution in [0.25, 0.3) is 0 Å². The number of rotatable bonds is 8. The zero-order chi connectivity index (χ0) is 19.0. The first-order valence-corrected chi connectivity index (χ1v) is 9.51. The Bertz CT molecular complexity index is 525. The van der Waals surface area contributed by atoms with E-state index in [-0.39, 0.29) is 12.6 Å². The molecular formula is C20H31NO5. The van der Waals surface area contributed by atoms with E-state index in [4.69, 9.17) is 14.2 Å². The van der Waals surface area contributed by atoms with Gasteiger partial charge in [0.1, 0.15) is 6.61 Å². The van der Waals surface area contributed by atoms with Crippen molar-refractivity contribution in [2.24, 2.45) is 23.2 Å². The summed E-state index contributed by atoms with van der Waals surface area (Å²) < 4.78 is 15.7. The van der Waals surface area contributed by atoms with E-state index in [1.54, 1.807) is 20.8 Å². The first kappa shape index (κ1) is 20.6. The summed E-state index contributed by atoms with van der Waals surface area (Å²) in [6.45, 7) is 7.16. The molecule has 2 aliphatic carbocycles. The molecule has 0 saturated heterocycles. The summed E-state index contributed by atoms with van der Waals surface area (Å²) in [7, 11) is 0. The van der Waals surface area contributed by atoms with Crippen molar-refractivity contribution in [2.75, 3.05) is 33.0 Å². The highest BCUT2D eigenvalue weighted by atomic mass is 16.6. The van der Waals surface area contributed by atoms with Gasteiger partial charge in [0, 0.05) is 19.4 Å². The van der Waals surface area contributed by atoms with Gasteiger partial charge in [-0.25, -0.2) is 4.79 Å². The van der Waals surface area contributed by atoms with E-state index in [1.807, 2.05) is 0 Å². The summed E-state index contributed by atoms with van der Waals surface area (Å²) in [6.07, 6.45) is 3.78. The Morgan fingerprint density at radius 2 is 1.65 bits per heavy atom. The van der Waals surface area contributed by atoms with E-state index in [1.165, 1.54) is 0 Å². The smallest absolute Gasteiger partial charge is 0.407 e. The SMILES string of the molecule is CC(C)(C)C(=O)OCCOCCNC(=O)OCC1[C@H]2CCC#CCC[C@@H]12. The highest BCUT2D eigenvalue weighted by molar-refractivity contribution is 5.75. The lowest BCUT2D eigenvalue weighted by molar-refractivity contribution is -0.154. The van der Waals surface area contributed by atoms with Crippen LogP contribution in [0.15, 0.2) is 0 Å². The van der Waals surface area contributed by atoms with E-state index in [0.29, 0.717) is 44.1 Å². The minimum atomic E-state index is -0.504. The van der Waals surface area contributed by atoms with Gasteiger partial charge in [0.25, 0.3) is 0 Å². The van der Waals surface area contributed by atoms with E-state index in [9.17, 15) is 9.59 Å². The summed E-state index contributed by atoms with van der Waals surface area (Å²) in [5.41, 5.74) is -0.504. The first-order valence-electron chi connectivity index (χ1n) is 9.51. The van der Waals surface area contributed by atoms with Gasteiger partial charge >= 0.3 is 12.1 Å². The van der Waals surface area contributed by atoms with Crippen molar-refractivity contribution in [1.82, 2.24) is 5.32 Å². The molecule has 0 bridgehead atoms. The van der Waals surface area contributed by atoms with Gasteiger partial charge in [0.15, 0.2) is 0 Å². The fourth-order valence-corrected chi connectivity index (χ4v) is 3.24. The monoisotopic (exact) mass is 365 g/mol. The lowest BCUT2D eigenvalue weighted by Crippen LogP contribution is -2.29. The molecule has 26 heavy (non-hydrogen) atoms. The van der Waals surface area contributed by atoms with E-state index >= 15 is 0 Å². The van der Waals surface area contributed by atoms with Gasteiger partial charge in [-0.2, -0.15) is 0 Å². The lowest BCUT2D eigenvalue weighted by atomic mass is 9.97. The molecule has 146 valence electrons. The molecule has 0 spiro atoms. The minimum absolute atomic E-state index is 0.217. The Morgan fingerprint density at radius 3 is 2.27 bits per heavy atom. The third kappa shape index (κ3) is 6.87. The number of alkyl carbamates (subject to hydrolysis) is 1. The molecule has 1 amide bonds. The Hall–Kier alpha value is -1.74. The fourth-order valence-electron chi connectivity index (χ4n) is 3.24. The van der Waals surface area contributed by atoms with Crippen LogP contribution in [0.4, 0.5) is 4.79 Å². The zero-order valence-electron chi connectivity index (χ0n) is 16.1. The second-order valence-corrected chi connectivity index (χ2v) is 7.95. The number of hydrogen-bond acceptors (Lipinski definition) is 5. The molecule has 0 radical (unpaired) electrons. The zero-order valence-corrected chi connectivity index (χ0v) is 16.1. The van der Waals surface area contributed by atoms with Crippen LogP contribution in [0.5, 0.6) is 0 Å². The van der Waals surface area contributed by atoms with Gasteiger partial charge in [-0.1, -0.05) is 0 Å². The summed E-state index contributed by atoms with van der Waals surface area (Å²) in [4.78, 5) is 23.3. The number of amides is 1. The van der Waals surface area contributed by atoms with Crippen molar-refractivity contribution in [3.8, 4) is 11.8 Å². The number of esters is 1. The van der Waals surface area contributed by atoms with Crippen LogP contribution in [0, 0.1) is 35.0 Å². The standard InChI is InChI=1S/C20H31NO5/c1-20(2,3)18(22)25-13-12-24-11-10-21-19(23)26-14-17-15-8-6-4-5-7-9-16(15)17/h15-17H,6-14H2,1-3H3,(H,21,23)/t15-,16+,17?. The minimum Gasteiger partial charge on any atom is -0.463 e. The van der Waals surface area contributed by atoms with E-state index in [0.717, 1.165) is 25.7 Å². The summed E-state index contributed by atoms with van der Waals surface area (Å²) in [6, 6.07) is 0. The number of carbonyl (C=O) groups is 2. The van der Waals surface area contributed by atoms with Crippen molar-refractivity contribution in [3.05, 3.63) is 0 Å². The molecule has 1 fully saturated rings. The van der Waals surface area contributed by atoms with Gasteiger partial charge < -0.3 is 19.5 Å². The van der Waals surface area contributed by atoms with Crippen molar-refractivity contribution in [2.45, 2.75) is 46.5 Å². The molecule has 1 saturated carbocycles. The van der Waals surface area contributed by atoms with Crippen LogP contribution in [0.2, 0.25) is 0 Å². The van der Waals surface area contributed by atoms with Crippen molar-refractivity contribution >= 4 is 12.1 Å². The van der Waals surface area contributed by atoms with Gasteiger partial charge in [-0.15, -0.1) is 11.8 Å². The number of ether oxygens (including phenoxy) is 3.